The largest absolute Gasteiger partial charge is 0.477 e. The summed E-state index contributed by atoms with van der Waals surface area (Å²) in [6.45, 7) is 3.82. The highest BCUT2D eigenvalue weighted by Gasteiger charge is 2.21. The molecule has 6 heteroatoms. The van der Waals surface area contributed by atoms with E-state index >= 15 is 0 Å². The predicted octanol–water partition coefficient (Wildman–Crippen LogP) is 4.94. The standard InChI is InChI=1S/C13H11Cl2NO2S/c1-6(2)10-11(13(17)18)19-12(16-10)7-4-3-5-8(14)9(7)15/h3-6H,1-2H3,(H,17,18). The van der Waals surface area contributed by atoms with E-state index in [1.54, 1.807) is 18.2 Å². The van der Waals surface area contributed by atoms with Crippen molar-refractivity contribution in [3.8, 4) is 10.6 Å². The van der Waals surface area contributed by atoms with Gasteiger partial charge < -0.3 is 5.11 Å². The van der Waals surface area contributed by atoms with Gasteiger partial charge in [-0.1, -0.05) is 49.2 Å². The van der Waals surface area contributed by atoms with Gasteiger partial charge in [-0.05, 0) is 12.0 Å². The first-order valence-electron chi connectivity index (χ1n) is 5.60. The molecule has 19 heavy (non-hydrogen) atoms. The molecule has 0 spiro atoms. The van der Waals surface area contributed by atoms with Gasteiger partial charge in [0, 0.05) is 5.56 Å². The molecule has 1 heterocycles. The number of nitrogens with zero attached hydrogens (tertiary/aromatic N) is 1. The number of hydrogen-bond donors (Lipinski definition) is 1. The molecule has 0 unspecified atom stereocenters. The van der Waals surface area contributed by atoms with Crippen molar-refractivity contribution in [1.29, 1.82) is 0 Å². The quantitative estimate of drug-likeness (QED) is 0.872. The molecule has 1 aromatic heterocycles. The Morgan fingerprint density at radius 1 is 1.37 bits per heavy atom. The maximum atomic E-state index is 11.2. The maximum absolute atomic E-state index is 11.2. The minimum atomic E-state index is -0.967. The lowest BCUT2D eigenvalue weighted by Crippen LogP contribution is -2.00. The molecule has 1 aromatic carbocycles. The van der Waals surface area contributed by atoms with Crippen molar-refractivity contribution in [3.63, 3.8) is 0 Å². The van der Waals surface area contributed by atoms with Crippen LogP contribution < -0.4 is 0 Å². The van der Waals surface area contributed by atoms with Crippen molar-refractivity contribution in [2.45, 2.75) is 19.8 Å². The first-order valence-corrected chi connectivity index (χ1v) is 7.17. The molecule has 100 valence electrons. The predicted molar refractivity (Wildman–Crippen MR) is 78.6 cm³/mol. The van der Waals surface area contributed by atoms with Gasteiger partial charge in [0.2, 0.25) is 0 Å². The number of thiazole rings is 1. The fourth-order valence-corrected chi connectivity index (χ4v) is 3.20. The minimum absolute atomic E-state index is 0.0362. The summed E-state index contributed by atoms with van der Waals surface area (Å²) < 4.78 is 0. The lowest BCUT2D eigenvalue weighted by Gasteiger charge is -2.02. The number of carboxylic acids is 1. The molecular formula is C13H11Cl2NO2S. The van der Waals surface area contributed by atoms with Crippen molar-refractivity contribution in [1.82, 2.24) is 4.98 Å². The number of aromatic carboxylic acids is 1. The molecule has 0 aliphatic heterocycles. The molecule has 0 saturated heterocycles. The lowest BCUT2D eigenvalue weighted by atomic mass is 10.1. The van der Waals surface area contributed by atoms with E-state index in [2.05, 4.69) is 4.98 Å². The second-order valence-corrected chi connectivity index (χ2v) is 6.08. The van der Waals surface area contributed by atoms with Crippen LogP contribution in [0.2, 0.25) is 10.0 Å². The summed E-state index contributed by atoms with van der Waals surface area (Å²) in [5.41, 5.74) is 1.23. The van der Waals surface area contributed by atoms with Gasteiger partial charge in [0.15, 0.2) is 0 Å². The van der Waals surface area contributed by atoms with E-state index in [0.717, 1.165) is 11.3 Å². The number of aromatic nitrogens is 1. The Labute approximate surface area is 124 Å². The third kappa shape index (κ3) is 2.76. The van der Waals surface area contributed by atoms with Crippen LogP contribution in [-0.2, 0) is 0 Å². The van der Waals surface area contributed by atoms with E-state index in [0.29, 0.717) is 26.3 Å². The molecule has 0 saturated carbocycles. The smallest absolute Gasteiger partial charge is 0.347 e. The molecule has 1 N–H and O–H groups in total. The Morgan fingerprint density at radius 2 is 2.05 bits per heavy atom. The fourth-order valence-electron chi connectivity index (χ4n) is 1.66. The van der Waals surface area contributed by atoms with Crippen molar-refractivity contribution in [3.05, 3.63) is 38.8 Å². The third-order valence-corrected chi connectivity index (χ3v) is 4.49. The molecule has 0 fully saturated rings. The van der Waals surface area contributed by atoms with Crippen molar-refractivity contribution in [2.24, 2.45) is 0 Å². The average molecular weight is 316 g/mol. The van der Waals surface area contributed by atoms with Crippen LogP contribution in [0.3, 0.4) is 0 Å². The van der Waals surface area contributed by atoms with E-state index in [9.17, 15) is 9.90 Å². The normalized spacial score (nSPS) is 11.0. The summed E-state index contributed by atoms with van der Waals surface area (Å²) in [6.07, 6.45) is 0. The highest BCUT2D eigenvalue weighted by Crippen LogP contribution is 2.38. The summed E-state index contributed by atoms with van der Waals surface area (Å²) in [4.78, 5) is 15.9. The van der Waals surface area contributed by atoms with E-state index in [-0.39, 0.29) is 10.8 Å². The van der Waals surface area contributed by atoms with Gasteiger partial charge in [-0.3, -0.25) is 0 Å². The molecule has 0 aliphatic rings. The van der Waals surface area contributed by atoms with Gasteiger partial charge in [-0.25, -0.2) is 9.78 Å². The molecule has 0 radical (unpaired) electrons. The van der Waals surface area contributed by atoms with Gasteiger partial charge >= 0.3 is 5.97 Å². The molecule has 0 amide bonds. The van der Waals surface area contributed by atoms with Crippen LogP contribution >= 0.6 is 34.5 Å². The van der Waals surface area contributed by atoms with Gasteiger partial charge in [-0.15, -0.1) is 11.3 Å². The number of benzene rings is 1. The van der Waals surface area contributed by atoms with E-state index in [1.165, 1.54) is 0 Å². The van der Waals surface area contributed by atoms with Gasteiger partial charge in [0.25, 0.3) is 0 Å². The van der Waals surface area contributed by atoms with Crippen LogP contribution in [0.4, 0.5) is 0 Å². The lowest BCUT2D eigenvalue weighted by molar-refractivity contribution is 0.0700. The topological polar surface area (TPSA) is 50.2 Å². The van der Waals surface area contributed by atoms with Crippen LogP contribution in [0.15, 0.2) is 18.2 Å². The molecule has 3 nitrogen and oxygen atoms in total. The summed E-state index contributed by atoms with van der Waals surface area (Å²) in [5.74, 6) is -0.931. The highest BCUT2D eigenvalue weighted by molar-refractivity contribution is 7.17. The number of rotatable bonds is 3. The summed E-state index contributed by atoms with van der Waals surface area (Å²) in [5, 5.41) is 10.6. The summed E-state index contributed by atoms with van der Waals surface area (Å²) in [6, 6.07) is 5.23. The third-order valence-electron chi connectivity index (χ3n) is 2.58. The van der Waals surface area contributed by atoms with E-state index in [4.69, 9.17) is 23.2 Å². The molecule has 0 aliphatic carbocycles. The second kappa shape index (κ2) is 5.49. The van der Waals surface area contributed by atoms with Gasteiger partial charge in [0.05, 0.1) is 15.7 Å². The Kier molecular flexibility index (Phi) is 4.13. The monoisotopic (exact) mass is 315 g/mol. The average Bonchev–Trinajstić information content (AvgIpc) is 2.77. The van der Waals surface area contributed by atoms with Crippen molar-refractivity contribution in [2.75, 3.05) is 0 Å². The summed E-state index contributed by atoms with van der Waals surface area (Å²) in [7, 11) is 0. The first kappa shape index (κ1) is 14.3. The highest BCUT2D eigenvalue weighted by atomic mass is 35.5. The van der Waals surface area contributed by atoms with Crippen molar-refractivity contribution < 1.29 is 9.90 Å². The number of carboxylic acid groups (broad SMARTS) is 1. The zero-order valence-electron chi connectivity index (χ0n) is 10.3. The fraction of sp³-hybridized carbons (Fsp3) is 0.231. The zero-order valence-corrected chi connectivity index (χ0v) is 12.6. The maximum Gasteiger partial charge on any atom is 0.347 e. The number of halogens is 2. The Bertz CT molecular complexity index is 638. The minimum Gasteiger partial charge on any atom is -0.477 e. The van der Waals surface area contributed by atoms with Crippen LogP contribution in [0, 0.1) is 0 Å². The summed E-state index contributed by atoms with van der Waals surface area (Å²) >= 11 is 13.2. The molecule has 2 rings (SSSR count). The van der Waals surface area contributed by atoms with Gasteiger partial charge in [0.1, 0.15) is 9.88 Å². The number of carbonyl (C=O) groups is 1. The van der Waals surface area contributed by atoms with Crippen LogP contribution in [0.25, 0.3) is 10.6 Å². The molecule has 2 aromatic rings. The zero-order chi connectivity index (χ0) is 14.2. The molecule has 0 bridgehead atoms. The molecule has 0 atom stereocenters. The second-order valence-electron chi connectivity index (χ2n) is 4.29. The van der Waals surface area contributed by atoms with Crippen LogP contribution in [-0.4, -0.2) is 16.1 Å². The SMILES string of the molecule is CC(C)c1nc(-c2cccc(Cl)c2Cl)sc1C(=O)O. The van der Waals surface area contributed by atoms with Crippen LogP contribution in [0.1, 0.15) is 35.1 Å². The Hall–Kier alpha value is -1.10. The van der Waals surface area contributed by atoms with Gasteiger partial charge in [-0.2, -0.15) is 0 Å². The van der Waals surface area contributed by atoms with Crippen molar-refractivity contribution >= 4 is 40.5 Å². The van der Waals surface area contributed by atoms with E-state index in [1.807, 2.05) is 13.8 Å². The number of hydrogen-bond acceptors (Lipinski definition) is 3. The Morgan fingerprint density at radius 3 is 2.58 bits per heavy atom. The molecular weight excluding hydrogens is 305 g/mol. The van der Waals surface area contributed by atoms with E-state index < -0.39 is 5.97 Å². The first-order chi connectivity index (χ1) is 8.91. The Balaban J connectivity index is 2.61. The van der Waals surface area contributed by atoms with Crippen LogP contribution in [0.5, 0.6) is 0 Å².